The molecule has 1 aromatic carbocycles. The summed E-state index contributed by atoms with van der Waals surface area (Å²) in [6.07, 6.45) is 5.88. The predicted octanol–water partition coefficient (Wildman–Crippen LogP) is 3.58. The van der Waals surface area contributed by atoms with Gasteiger partial charge in [-0.3, -0.25) is 4.79 Å². The van der Waals surface area contributed by atoms with Crippen LogP contribution in [0, 0.1) is 11.8 Å². The molecule has 1 atom stereocenters. The standard InChI is InChI=1S/C18H25NO4/c20-17(21)16(11-14-7-3-1-4-8-14)12-19-18(22)23-13-15-9-5-2-6-10-15/h2,5-6,9-10,14,16H,1,3-4,7-8,11-13H2,(H,19,22)(H,20,21). The molecule has 0 heterocycles. The summed E-state index contributed by atoms with van der Waals surface area (Å²) in [7, 11) is 0. The maximum Gasteiger partial charge on any atom is 0.407 e. The molecule has 1 amide bonds. The Labute approximate surface area is 137 Å². The number of hydrogen-bond donors (Lipinski definition) is 2. The third-order valence-corrected chi connectivity index (χ3v) is 4.40. The average Bonchev–Trinajstić information content (AvgIpc) is 2.58. The first-order valence-electron chi connectivity index (χ1n) is 8.32. The van der Waals surface area contributed by atoms with Crippen molar-refractivity contribution in [1.29, 1.82) is 0 Å². The first-order chi connectivity index (χ1) is 11.1. The zero-order chi connectivity index (χ0) is 16.5. The molecule has 1 unspecified atom stereocenters. The SMILES string of the molecule is O=C(NCC(CC1CCCCC1)C(=O)O)OCc1ccccc1. The molecule has 1 aliphatic rings. The summed E-state index contributed by atoms with van der Waals surface area (Å²) in [6.45, 7) is 0.312. The highest BCUT2D eigenvalue weighted by Gasteiger charge is 2.24. The first-order valence-corrected chi connectivity index (χ1v) is 8.32. The topological polar surface area (TPSA) is 75.6 Å². The number of benzene rings is 1. The number of nitrogens with one attached hydrogen (secondary N) is 1. The summed E-state index contributed by atoms with van der Waals surface area (Å²) >= 11 is 0. The van der Waals surface area contributed by atoms with E-state index in [1.807, 2.05) is 30.3 Å². The van der Waals surface area contributed by atoms with Crippen LogP contribution in [-0.2, 0) is 16.1 Å². The summed E-state index contributed by atoms with van der Waals surface area (Å²) in [4.78, 5) is 23.1. The van der Waals surface area contributed by atoms with E-state index >= 15 is 0 Å². The van der Waals surface area contributed by atoms with Crippen LogP contribution in [0.5, 0.6) is 0 Å². The summed E-state index contributed by atoms with van der Waals surface area (Å²) in [5.41, 5.74) is 0.902. The molecule has 0 saturated heterocycles. The Hall–Kier alpha value is -2.04. The van der Waals surface area contributed by atoms with Gasteiger partial charge >= 0.3 is 12.1 Å². The normalized spacial score (nSPS) is 16.5. The Morgan fingerprint density at radius 1 is 1.17 bits per heavy atom. The molecule has 2 N–H and O–H groups in total. The molecule has 5 heteroatoms. The zero-order valence-electron chi connectivity index (χ0n) is 13.4. The largest absolute Gasteiger partial charge is 0.481 e. The lowest BCUT2D eigenvalue weighted by Gasteiger charge is -2.24. The molecule has 0 bridgehead atoms. The number of carboxylic acids is 1. The number of carbonyl (C=O) groups excluding carboxylic acids is 1. The number of aliphatic carboxylic acids is 1. The molecule has 5 nitrogen and oxygen atoms in total. The van der Waals surface area contributed by atoms with E-state index in [9.17, 15) is 14.7 Å². The first kappa shape index (κ1) is 17.3. The summed E-state index contributed by atoms with van der Waals surface area (Å²) < 4.78 is 5.11. The smallest absolute Gasteiger partial charge is 0.407 e. The van der Waals surface area contributed by atoms with Crippen LogP contribution in [0.15, 0.2) is 30.3 Å². The van der Waals surface area contributed by atoms with Gasteiger partial charge in [-0.1, -0.05) is 62.4 Å². The highest BCUT2D eigenvalue weighted by atomic mass is 16.5. The van der Waals surface area contributed by atoms with E-state index < -0.39 is 18.0 Å². The van der Waals surface area contributed by atoms with E-state index in [-0.39, 0.29) is 13.2 Å². The molecule has 1 saturated carbocycles. The van der Waals surface area contributed by atoms with Crippen LogP contribution in [0.1, 0.15) is 44.1 Å². The van der Waals surface area contributed by atoms with Crippen molar-refractivity contribution in [2.24, 2.45) is 11.8 Å². The lowest BCUT2D eigenvalue weighted by molar-refractivity contribution is -0.142. The summed E-state index contributed by atoms with van der Waals surface area (Å²) in [6, 6.07) is 9.39. The Morgan fingerprint density at radius 2 is 1.87 bits per heavy atom. The molecule has 23 heavy (non-hydrogen) atoms. The van der Waals surface area contributed by atoms with Crippen molar-refractivity contribution in [1.82, 2.24) is 5.32 Å². The van der Waals surface area contributed by atoms with Crippen LogP contribution in [0.2, 0.25) is 0 Å². The lowest BCUT2D eigenvalue weighted by Crippen LogP contribution is -2.34. The maximum absolute atomic E-state index is 11.7. The number of carbonyl (C=O) groups is 2. The monoisotopic (exact) mass is 319 g/mol. The third-order valence-electron chi connectivity index (χ3n) is 4.40. The van der Waals surface area contributed by atoms with Gasteiger partial charge in [0.25, 0.3) is 0 Å². The number of ether oxygens (including phenoxy) is 1. The Bertz CT molecular complexity index is 497. The van der Waals surface area contributed by atoms with Crippen molar-refractivity contribution in [3.05, 3.63) is 35.9 Å². The zero-order valence-corrected chi connectivity index (χ0v) is 13.4. The van der Waals surface area contributed by atoms with E-state index in [0.717, 1.165) is 18.4 Å². The Kier molecular flexibility index (Phi) is 6.91. The molecule has 0 radical (unpaired) electrons. The van der Waals surface area contributed by atoms with E-state index in [0.29, 0.717) is 12.3 Å². The van der Waals surface area contributed by atoms with E-state index in [1.54, 1.807) is 0 Å². The Morgan fingerprint density at radius 3 is 2.52 bits per heavy atom. The molecule has 0 aliphatic heterocycles. The molecule has 1 fully saturated rings. The van der Waals surface area contributed by atoms with Crippen molar-refractivity contribution in [3.63, 3.8) is 0 Å². The minimum atomic E-state index is -0.848. The number of alkyl carbamates (subject to hydrolysis) is 1. The predicted molar refractivity (Wildman–Crippen MR) is 86.9 cm³/mol. The van der Waals surface area contributed by atoms with Crippen LogP contribution in [0.4, 0.5) is 4.79 Å². The number of carboxylic acid groups (broad SMARTS) is 1. The van der Waals surface area contributed by atoms with E-state index in [2.05, 4.69) is 5.32 Å². The fraction of sp³-hybridized carbons (Fsp3) is 0.556. The van der Waals surface area contributed by atoms with Gasteiger partial charge in [-0.25, -0.2) is 4.79 Å². The average molecular weight is 319 g/mol. The quantitative estimate of drug-likeness (QED) is 0.805. The van der Waals surface area contributed by atoms with Gasteiger partial charge in [0.2, 0.25) is 0 Å². The fourth-order valence-electron chi connectivity index (χ4n) is 3.08. The second-order valence-corrected chi connectivity index (χ2v) is 6.22. The van der Waals surface area contributed by atoms with Gasteiger partial charge < -0.3 is 15.2 Å². The molecule has 0 spiro atoms. The number of amides is 1. The van der Waals surface area contributed by atoms with Crippen molar-refractivity contribution in [3.8, 4) is 0 Å². The highest BCUT2D eigenvalue weighted by molar-refractivity contribution is 5.72. The highest BCUT2D eigenvalue weighted by Crippen LogP contribution is 2.29. The van der Waals surface area contributed by atoms with Gasteiger partial charge in [0, 0.05) is 6.54 Å². The number of rotatable bonds is 7. The summed E-state index contributed by atoms with van der Waals surface area (Å²) in [5, 5.41) is 11.9. The molecule has 126 valence electrons. The van der Waals surface area contributed by atoms with Gasteiger partial charge in [-0.15, -0.1) is 0 Å². The van der Waals surface area contributed by atoms with Crippen LogP contribution < -0.4 is 5.32 Å². The van der Waals surface area contributed by atoms with Crippen LogP contribution in [-0.4, -0.2) is 23.7 Å². The van der Waals surface area contributed by atoms with Crippen LogP contribution in [0.25, 0.3) is 0 Å². The Balaban J connectivity index is 1.72. The lowest BCUT2D eigenvalue weighted by atomic mass is 9.83. The second-order valence-electron chi connectivity index (χ2n) is 6.22. The number of hydrogen-bond acceptors (Lipinski definition) is 3. The fourth-order valence-corrected chi connectivity index (χ4v) is 3.08. The van der Waals surface area contributed by atoms with Crippen molar-refractivity contribution < 1.29 is 19.4 Å². The molecule has 0 aromatic heterocycles. The van der Waals surface area contributed by atoms with Crippen molar-refractivity contribution in [2.45, 2.75) is 45.1 Å². The van der Waals surface area contributed by atoms with E-state index in [4.69, 9.17) is 4.74 Å². The van der Waals surface area contributed by atoms with Crippen molar-refractivity contribution >= 4 is 12.1 Å². The van der Waals surface area contributed by atoms with Gasteiger partial charge in [-0.05, 0) is 17.9 Å². The van der Waals surface area contributed by atoms with Gasteiger partial charge in [0.05, 0.1) is 5.92 Å². The molecule has 1 aromatic rings. The van der Waals surface area contributed by atoms with E-state index in [1.165, 1.54) is 19.3 Å². The molecular formula is C18H25NO4. The molecule has 2 rings (SSSR count). The molecule has 1 aliphatic carbocycles. The van der Waals surface area contributed by atoms with Crippen LogP contribution >= 0.6 is 0 Å². The second kappa shape index (κ2) is 9.18. The maximum atomic E-state index is 11.7. The van der Waals surface area contributed by atoms with Crippen LogP contribution in [0.3, 0.4) is 0 Å². The minimum absolute atomic E-state index is 0.124. The summed E-state index contributed by atoms with van der Waals surface area (Å²) in [5.74, 6) is -0.923. The van der Waals surface area contributed by atoms with Gasteiger partial charge in [0.15, 0.2) is 0 Å². The molecular weight excluding hydrogens is 294 g/mol. The van der Waals surface area contributed by atoms with Gasteiger partial charge in [-0.2, -0.15) is 0 Å². The van der Waals surface area contributed by atoms with Crippen molar-refractivity contribution in [2.75, 3.05) is 6.54 Å². The minimum Gasteiger partial charge on any atom is -0.481 e. The van der Waals surface area contributed by atoms with Gasteiger partial charge in [0.1, 0.15) is 6.61 Å². The third kappa shape index (κ3) is 6.30.